The number of rotatable bonds is 2. The molecule has 0 amide bonds. The van der Waals surface area contributed by atoms with E-state index in [1.807, 2.05) is 12.1 Å². The number of nitrogen functional groups attached to an aromatic ring is 1. The highest BCUT2D eigenvalue weighted by Crippen LogP contribution is 2.30. The van der Waals surface area contributed by atoms with Crippen molar-refractivity contribution in [3.8, 4) is 0 Å². The van der Waals surface area contributed by atoms with Gasteiger partial charge in [-0.2, -0.15) is 0 Å². The summed E-state index contributed by atoms with van der Waals surface area (Å²) >= 11 is 0. The van der Waals surface area contributed by atoms with Crippen LogP contribution in [0.25, 0.3) is 0 Å². The van der Waals surface area contributed by atoms with E-state index in [4.69, 9.17) is 10.5 Å². The molecule has 2 heteroatoms. The van der Waals surface area contributed by atoms with Gasteiger partial charge in [0.1, 0.15) is 0 Å². The van der Waals surface area contributed by atoms with Crippen LogP contribution < -0.4 is 5.73 Å². The number of ether oxygens (including phenoxy) is 1. The Balaban J connectivity index is 2.05. The molecule has 0 spiro atoms. The Kier molecular flexibility index (Phi) is 3.27. The topological polar surface area (TPSA) is 35.2 Å². The minimum Gasteiger partial charge on any atom is -0.399 e. The molecule has 15 heavy (non-hydrogen) atoms. The van der Waals surface area contributed by atoms with Crippen LogP contribution in [0.3, 0.4) is 0 Å². The van der Waals surface area contributed by atoms with E-state index in [9.17, 15) is 0 Å². The molecule has 0 saturated carbocycles. The fraction of sp³-hybridized carbons (Fsp3) is 0.538. The van der Waals surface area contributed by atoms with Crippen LogP contribution in [-0.2, 0) is 4.74 Å². The van der Waals surface area contributed by atoms with Gasteiger partial charge in [-0.3, -0.25) is 0 Å². The predicted octanol–water partition coefficient (Wildman–Crippen LogP) is 2.80. The van der Waals surface area contributed by atoms with Crippen molar-refractivity contribution in [2.45, 2.75) is 25.7 Å². The summed E-state index contributed by atoms with van der Waals surface area (Å²) in [6, 6.07) is 8.23. The maximum Gasteiger partial charge on any atom is 0.0500 e. The molecule has 2 unspecified atom stereocenters. The fourth-order valence-corrected chi connectivity index (χ4v) is 2.23. The first-order valence-corrected chi connectivity index (χ1v) is 5.70. The largest absolute Gasteiger partial charge is 0.399 e. The van der Waals surface area contributed by atoms with Crippen LogP contribution in [0.4, 0.5) is 5.69 Å². The van der Waals surface area contributed by atoms with E-state index in [1.54, 1.807) is 0 Å². The lowest BCUT2D eigenvalue weighted by Gasteiger charge is -2.28. The summed E-state index contributed by atoms with van der Waals surface area (Å²) < 4.78 is 5.52. The maximum absolute atomic E-state index is 5.68. The van der Waals surface area contributed by atoms with E-state index in [0.717, 1.165) is 18.9 Å². The van der Waals surface area contributed by atoms with Crippen molar-refractivity contribution in [2.75, 3.05) is 18.9 Å². The Hall–Kier alpha value is -1.02. The second-order valence-electron chi connectivity index (χ2n) is 4.43. The van der Waals surface area contributed by atoms with E-state index in [2.05, 4.69) is 19.1 Å². The lowest BCUT2D eigenvalue weighted by Crippen LogP contribution is -2.22. The number of hydrogen-bond donors (Lipinski definition) is 1. The molecule has 1 fully saturated rings. The van der Waals surface area contributed by atoms with Crippen LogP contribution in [0.2, 0.25) is 0 Å². The molecule has 1 aliphatic rings. The Morgan fingerprint density at radius 2 is 2.07 bits per heavy atom. The van der Waals surface area contributed by atoms with Gasteiger partial charge in [0.25, 0.3) is 0 Å². The highest BCUT2D eigenvalue weighted by Gasteiger charge is 2.21. The summed E-state index contributed by atoms with van der Waals surface area (Å²) in [6.07, 6.45) is 2.48. The van der Waals surface area contributed by atoms with Gasteiger partial charge in [-0.25, -0.2) is 0 Å². The van der Waals surface area contributed by atoms with Gasteiger partial charge in [0.2, 0.25) is 0 Å². The van der Waals surface area contributed by atoms with Crippen molar-refractivity contribution in [2.24, 2.45) is 5.92 Å². The second kappa shape index (κ2) is 4.67. The average molecular weight is 205 g/mol. The molecule has 0 aliphatic carbocycles. The number of benzene rings is 1. The summed E-state index contributed by atoms with van der Waals surface area (Å²) in [4.78, 5) is 0. The Labute approximate surface area is 91.4 Å². The van der Waals surface area contributed by atoms with Crippen LogP contribution >= 0.6 is 0 Å². The standard InChI is InChI=1S/C13H19NO/c1-10(12-3-2-8-15-9-12)11-4-6-13(14)7-5-11/h4-7,10,12H,2-3,8-9,14H2,1H3. The van der Waals surface area contributed by atoms with Gasteiger partial charge >= 0.3 is 0 Å². The Morgan fingerprint density at radius 3 is 2.67 bits per heavy atom. The van der Waals surface area contributed by atoms with Crippen LogP contribution in [0.15, 0.2) is 24.3 Å². The third-order valence-corrected chi connectivity index (χ3v) is 3.36. The van der Waals surface area contributed by atoms with Gasteiger partial charge in [-0.1, -0.05) is 19.1 Å². The molecular weight excluding hydrogens is 186 g/mol. The molecule has 1 heterocycles. The van der Waals surface area contributed by atoms with Crippen molar-refractivity contribution in [3.63, 3.8) is 0 Å². The molecule has 2 N–H and O–H groups in total. The van der Waals surface area contributed by atoms with Crippen molar-refractivity contribution >= 4 is 5.69 Å². The molecule has 1 aliphatic heterocycles. The second-order valence-corrected chi connectivity index (χ2v) is 4.43. The average Bonchev–Trinajstić information content (AvgIpc) is 2.30. The van der Waals surface area contributed by atoms with E-state index >= 15 is 0 Å². The molecule has 0 radical (unpaired) electrons. The van der Waals surface area contributed by atoms with Crippen molar-refractivity contribution in [3.05, 3.63) is 29.8 Å². The smallest absolute Gasteiger partial charge is 0.0500 e. The summed E-state index contributed by atoms with van der Waals surface area (Å²) in [7, 11) is 0. The molecule has 1 aromatic carbocycles. The summed E-state index contributed by atoms with van der Waals surface area (Å²) in [5.74, 6) is 1.24. The van der Waals surface area contributed by atoms with Crippen LogP contribution in [0, 0.1) is 5.92 Å². The minimum absolute atomic E-state index is 0.575. The van der Waals surface area contributed by atoms with Crippen molar-refractivity contribution in [1.82, 2.24) is 0 Å². The van der Waals surface area contributed by atoms with E-state index in [-0.39, 0.29) is 0 Å². The zero-order valence-electron chi connectivity index (χ0n) is 9.28. The summed E-state index contributed by atoms with van der Waals surface area (Å²) in [6.45, 7) is 4.13. The van der Waals surface area contributed by atoms with E-state index in [0.29, 0.717) is 11.8 Å². The van der Waals surface area contributed by atoms with E-state index in [1.165, 1.54) is 18.4 Å². The molecule has 2 nitrogen and oxygen atoms in total. The summed E-state index contributed by atoms with van der Waals surface area (Å²) in [5, 5.41) is 0. The van der Waals surface area contributed by atoms with Gasteiger partial charge in [0.05, 0.1) is 0 Å². The first-order valence-electron chi connectivity index (χ1n) is 5.70. The summed E-state index contributed by atoms with van der Waals surface area (Å²) in [5.41, 5.74) is 7.89. The van der Waals surface area contributed by atoms with Crippen molar-refractivity contribution in [1.29, 1.82) is 0 Å². The lowest BCUT2D eigenvalue weighted by molar-refractivity contribution is 0.0463. The normalized spacial score (nSPS) is 23.7. The predicted molar refractivity (Wildman–Crippen MR) is 62.8 cm³/mol. The van der Waals surface area contributed by atoms with Crippen LogP contribution in [0.1, 0.15) is 31.2 Å². The van der Waals surface area contributed by atoms with E-state index < -0.39 is 0 Å². The molecular formula is C13H19NO. The highest BCUT2D eigenvalue weighted by molar-refractivity contribution is 5.40. The first-order chi connectivity index (χ1) is 7.27. The Bertz CT molecular complexity index is 301. The molecule has 82 valence electrons. The van der Waals surface area contributed by atoms with Crippen LogP contribution in [-0.4, -0.2) is 13.2 Å². The van der Waals surface area contributed by atoms with Gasteiger partial charge in [0, 0.05) is 18.9 Å². The lowest BCUT2D eigenvalue weighted by atomic mass is 9.84. The number of nitrogens with two attached hydrogens (primary N) is 1. The quantitative estimate of drug-likeness (QED) is 0.753. The van der Waals surface area contributed by atoms with Crippen molar-refractivity contribution < 1.29 is 4.74 Å². The minimum atomic E-state index is 0.575. The van der Waals surface area contributed by atoms with Gasteiger partial charge in [0.15, 0.2) is 0 Å². The molecule has 2 atom stereocenters. The molecule has 0 aromatic heterocycles. The third-order valence-electron chi connectivity index (χ3n) is 3.36. The number of anilines is 1. The molecule has 1 saturated heterocycles. The van der Waals surface area contributed by atoms with Crippen LogP contribution in [0.5, 0.6) is 0 Å². The maximum atomic E-state index is 5.68. The first kappa shape index (κ1) is 10.5. The highest BCUT2D eigenvalue weighted by atomic mass is 16.5. The zero-order chi connectivity index (χ0) is 10.7. The molecule has 2 rings (SSSR count). The Morgan fingerprint density at radius 1 is 1.33 bits per heavy atom. The van der Waals surface area contributed by atoms with Gasteiger partial charge in [-0.15, -0.1) is 0 Å². The number of hydrogen-bond acceptors (Lipinski definition) is 2. The van der Waals surface area contributed by atoms with Gasteiger partial charge < -0.3 is 10.5 Å². The monoisotopic (exact) mass is 205 g/mol. The fourth-order valence-electron chi connectivity index (χ4n) is 2.23. The SMILES string of the molecule is CC(c1ccc(N)cc1)C1CCCOC1. The molecule has 1 aromatic rings. The molecule has 0 bridgehead atoms. The zero-order valence-corrected chi connectivity index (χ0v) is 9.28. The van der Waals surface area contributed by atoms with Gasteiger partial charge in [-0.05, 0) is 42.4 Å². The third kappa shape index (κ3) is 2.51.